The molecule has 280 valence electrons. The van der Waals surface area contributed by atoms with Crippen LogP contribution in [0.5, 0.6) is 0 Å². The van der Waals surface area contributed by atoms with Gasteiger partial charge in [-0.25, -0.2) is 4.79 Å². The molecule has 13 heteroatoms. The molecule has 49 heavy (non-hydrogen) atoms. The van der Waals surface area contributed by atoms with Crippen molar-refractivity contribution in [2.45, 2.75) is 141 Å². The number of aliphatic hydroxyl groups is 4. The van der Waals surface area contributed by atoms with Crippen molar-refractivity contribution in [3.63, 3.8) is 0 Å². The van der Waals surface area contributed by atoms with Crippen molar-refractivity contribution in [3.05, 3.63) is 30.1 Å². The lowest BCUT2D eigenvalue weighted by molar-refractivity contribution is -0.298. The summed E-state index contributed by atoms with van der Waals surface area (Å²) in [5, 5.41) is 46.7. The van der Waals surface area contributed by atoms with E-state index in [2.05, 4.69) is 4.98 Å². The second-order valence-corrected chi connectivity index (χ2v) is 15.2. The van der Waals surface area contributed by atoms with Crippen molar-refractivity contribution in [1.82, 2.24) is 14.8 Å². The number of likely N-dealkylation sites (N-methyl/N-ethyl adjacent to an activating group) is 2. The molecule has 0 unspecified atom stereocenters. The number of carbonyl (C=O) groups is 2. The molecule has 0 aromatic carbocycles. The summed E-state index contributed by atoms with van der Waals surface area (Å²) in [6.45, 7) is 14.1. The molecule has 2 aliphatic heterocycles. The van der Waals surface area contributed by atoms with E-state index in [1.807, 2.05) is 44.8 Å². The van der Waals surface area contributed by atoms with Gasteiger partial charge in [0.15, 0.2) is 12.4 Å². The highest BCUT2D eigenvalue weighted by atomic mass is 16.7. The average molecular weight is 696 g/mol. The van der Waals surface area contributed by atoms with Gasteiger partial charge in [0.25, 0.3) is 0 Å². The predicted octanol–water partition coefficient (Wildman–Crippen LogP) is 2.24. The Balaban J connectivity index is 2.06. The zero-order valence-corrected chi connectivity index (χ0v) is 31.1. The number of cyclic esters (lactones) is 1. The SMILES string of the molecule is CC[C@H]1OC(=O)[C@H](C)[C@@H](O)[C@H](C)[C@@H](O[C@@H]2O[C@H](C)C[C@H](N(C)C)[C@H]2OC(=O)c2cccnc2)[C@](C)(O)C[C@@H](C)CN(C)[C@H](C)[C@@H](O)[C@]1(C)O. The van der Waals surface area contributed by atoms with E-state index in [-0.39, 0.29) is 36.5 Å². The van der Waals surface area contributed by atoms with Crippen molar-refractivity contribution in [3.8, 4) is 0 Å². The van der Waals surface area contributed by atoms with Gasteiger partial charge in [-0.1, -0.05) is 20.8 Å². The standard InChI is InChI=1S/C36H61N3O10/c1-12-27-36(8,45)30(41)24(6)39(11)19-20(2)17-35(7,44)31(22(4)28(40)23(5)32(42)47-27)49-34-29(26(38(9)10)16-21(3)46-34)48-33(43)25-14-13-15-37-18-25/h13-15,18,20-24,26-31,34,40-41,44-45H,12,16-17,19H2,1-11H3/t20-,21-,22+,23-,24-,26+,27-,28+,29-,30-,31-,34+,35-,36-/m1/s1. The van der Waals surface area contributed by atoms with Crippen molar-refractivity contribution in [2.75, 3.05) is 27.7 Å². The van der Waals surface area contributed by atoms with Crippen LogP contribution in [0.25, 0.3) is 0 Å². The van der Waals surface area contributed by atoms with Crippen LogP contribution in [0.1, 0.15) is 85.0 Å². The van der Waals surface area contributed by atoms with Crippen LogP contribution < -0.4 is 0 Å². The number of carbonyl (C=O) groups excluding carboxylic acids is 2. The lowest BCUT2D eigenvalue weighted by Gasteiger charge is -2.47. The van der Waals surface area contributed by atoms with Crippen molar-refractivity contribution >= 4 is 11.9 Å². The number of esters is 2. The monoisotopic (exact) mass is 695 g/mol. The number of rotatable bonds is 6. The summed E-state index contributed by atoms with van der Waals surface area (Å²) in [5.74, 6) is -3.48. The first-order valence-electron chi connectivity index (χ1n) is 17.5. The summed E-state index contributed by atoms with van der Waals surface area (Å²) >= 11 is 0. The normalized spacial score (nSPS) is 42.2. The van der Waals surface area contributed by atoms with Gasteiger partial charge in [-0.2, -0.15) is 0 Å². The van der Waals surface area contributed by atoms with Crippen molar-refractivity contribution in [2.24, 2.45) is 17.8 Å². The molecule has 3 rings (SSSR count). The first-order valence-corrected chi connectivity index (χ1v) is 17.5. The fourth-order valence-corrected chi connectivity index (χ4v) is 7.52. The molecule has 1 aromatic rings. The van der Waals surface area contributed by atoms with E-state index in [1.165, 1.54) is 20.0 Å². The van der Waals surface area contributed by atoms with E-state index in [0.29, 0.717) is 13.0 Å². The van der Waals surface area contributed by atoms with E-state index < -0.39 is 77.8 Å². The van der Waals surface area contributed by atoms with Crippen LogP contribution in [-0.2, 0) is 23.7 Å². The minimum atomic E-state index is -1.78. The van der Waals surface area contributed by atoms with Gasteiger partial charge >= 0.3 is 11.9 Å². The molecule has 0 bridgehead atoms. The highest BCUT2D eigenvalue weighted by Crippen LogP contribution is 2.37. The molecule has 2 fully saturated rings. The number of nitrogens with zero attached hydrogens (tertiary/aromatic N) is 3. The Morgan fingerprint density at radius 1 is 1.14 bits per heavy atom. The second-order valence-electron chi connectivity index (χ2n) is 15.2. The number of aliphatic hydroxyl groups excluding tert-OH is 2. The number of pyridine rings is 1. The van der Waals surface area contributed by atoms with Crippen LogP contribution in [0.2, 0.25) is 0 Å². The lowest BCUT2D eigenvalue weighted by Crippen LogP contribution is -2.60. The summed E-state index contributed by atoms with van der Waals surface area (Å²) in [5.41, 5.74) is -3.11. The van der Waals surface area contributed by atoms with Crippen LogP contribution in [0.4, 0.5) is 0 Å². The van der Waals surface area contributed by atoms with E-state index in [0.717, 1.165) is 0 Å². The van der Waals surface area contributed by atoms with Crippen LogP contribution >= 0.6 is 0 Å². The Morgan fingerprint density at radius 2 is 1.80 bits per heavy atom. The quantitative estimate of drug-likeness (QED) is 0.320. The number of hydrogen-bond donors (Lipinski definition) is 4. The second kappa shape index (κ2) is 16.9. The van der Waals surface area contributed by atoms with E-state index in [4.69, 9.17) is 18.9 Å². The molecule has 0 amide bonds. The molecule has 0 saturated carbocycles. The Kier molecular flexibility index (Phi) is 14.2. The summed E-state index contributed by atoms with van der Waals surface area (Å²) in [6, 6.07) is 2.40. The molecule has 0 aliphatic carbocycles. The predicted molar refractivity (Wildman–Crippen MR) is 182 cm³/mol. The third kappa shape index (κ3) is 9.76. The Morgan fingerprint density at radius 3 is 2.37 bits per heavy atom. The van der Waals surface area contributed by atoms with Gasteiger partial charge in [0.05, 0.1) is 41.4 Å². The summed E-state index contributed by atoms with van der Waals surface area (Å²) in [7, 11) is 5.58. The summed E-state index contributed by atoms with van der Waals surface area (Å²) < 4.78 is 24.8. The minimum absolute atomic E-state index is 0.155. The maximum absolute atomic E-state index is 13.5. The molecule has 2 aliphatic rings. The molecule has 0 spiro atoms. The van der Waals surface area contributed by atoms with Crippen LogP contribution in [0.3, 0.4) is 0 Å². The van der Waals surface area contributed by atoms with E-state index >= 15 is 0 Å². The third-order valence-electron chi connectivity index (χ3n) is 10.6. The topological polar surface area (TPSA) is 171 Å². The molecule has 3 heterocycles. The minimum Gasteiger partial charge on any atom is -0.459 e. The smallest absolute Gasteiger partial charge is 0.340 e. The molecule has 4 N–H and O–H groups in total. The average Bonchev–Trinajstić information content (AvgIpc) is 3.04. The Bertz CT molecular complexity index is 1220. The lowest BCUT2D eigenvalue weighted by atomic mass is 9.78. The van der Waals surface area contributed by atoms with Gasteiger partial charge in [0.2, 0.25) is 0 Å². The largest absolute Gasteiger partial charge is 0.459 e. The Hall–Kier alpha value is -2.23. The molecule has 0 radical (unpaired) electrons. The highest BCUT2D eigenvalue weighted by molar-refractivity contribution is 5.89. The first-order chi connectivity index (χ1) is 22.7. The molecule has 2 saturated heterocycles. The maximum Gasteiger partial charge on any atom is 0.340 e. The van der Waals surface area contributed by atoms with Gasteiger partial charge in [-0.15, -0.1) is 0 Å². The van der Waals surface area contributed by atoms with E-state index in [1.54, 1.807) is 46.0 Å². The van der Waals surface area contributed by atoms with Gasteiger partial charge in [-0.05, 0) is 93.1 Å². The van der Waals surface area contributed by atoms with Crippen LogP contribution in [0, 0.1) is 17.8 Å². The third-order valence-corrected chi connectivity index (χ3v) is 10.6. The summed E-state index contributed by atoms with van der Waals surface area (Å²) in [6.07, 6.45) is -3.21. The zero-order chi connectivity index (χ0) is 37.0. The molecule has 14 atom stereocenters. The number of ether oxygens (including phenoxy) is 4. The zero-order valence-electron chi connectivity index (χ0n) is 31.1. The van der Waals surface area contributed by atoms with Crippen molar-refractivity contribution in [1.29, 1.82) is 0 Å². The Labute approximate surface area is 291 Å². The van der Waals surface area contributed by atoms with Gasteiger partial charge < -0.3 is 49.2 Å². The molecule has 13 nitrogen and oxygen atoms in total. The van der Waals surface area contributed by atoms with Crippen molar-refractivity contribution < 1.29 is 49.0 Å². The fourth-order valence-electron chi connectivity index (χ4n) is 7.52. The van der Waals surface area contributed by atoms with Crippen LogP contribution in [0.15, 0.2) is 24.5 Å². The van der Waals surface area contributed by atoms with E-state index in [9.17, 15) is 30.0 Å². The summed E-state index contributed by atoms with van der Waals surface area (Å²) in [4.78, 5) is 34.7. The maximum atomic E-state index is 13.5. The van der Waals surface area contributed by atoms with Gasteiger partial charge in [0.1, 0.15) is 17.8 Å². The molecular weight excluding hydrogens is 634 g/mol. The molecular formula is C36H61N3O10. The molecule has 1 aromatic heterocycles. The fraction of sp³-hybridized carbons (Fsp3) is 0.806. The first kappa shape index (κ1) is 41.2. The number of hydrogen-bond acceptors (Lipinski definition) is 13. The van der Waals surface area contributed by atoms with Gasteiger partial charge in [-0.3, -0.25) is 9.78 Å². The van der Waals surface area contributed by atoms with Crippen LogP contribution in [-0.4, -0.2) is 141 Å². The number of aromatic nitrogens is 1. The van der Waals surface area contributed by atoms with Gasteiger partial charge in [0, 0.05) is 30.9 Å². The highest BCUT2D eigenvalue weighted by Gasteiger charge is 2.50.